The first-order valence-corrected chi connectivity index (χ1v) is 4.61. The van der Waals surface area contributed by atoms with E-state index in [1.54, 1.807) is 30.3 Å². The van der Waals surface area contributed by atoms with Gasteiger partial charge >= 0.3 is 0 Å². The Kier molecular flexibility index (Phi) is 2.76. The molecule has 0 bridgehead atoms. The highest BCUT2D eigenvalue weighted by molar-refractivity contribution is 5.87. The van der Waals surface area contributed by atoms with Crippen LogP contribution in [0.15, 0.2) is 30.3 Å². The summed E-state index contributed by atoms with van der Waals surface area (Å²) in [5.41, 5.74) is 0.369. The molecule has 1 heterocycles. The van der Waals surface area contributed by atoms with E-state index in [-0.39, 0.29) is 11.3 Å². The standard InChI is InChI=1S/C11H8F2N2O/c12-11(13)10-8(6-16)9(14-15-10)7-4-2-1-3-5-7/h1-6,11H,(H,14,15). The summed E-state index contributed by atoms with van der Waals surface area (Å²) >= 11 is 0. The summed E-state index contributed by atoms with van der Waals surface area (Å²) in [7, 11) is 0. The molecule has 0 atom stereocenters. The van der Waals surface area contributed by atoms with Crippen molar-refractivity contribution in [2.24, 2.45) is 0 Å². The average molecular weight is 222 g/mol. The molecule has 1 N–H and O–H groups in total. The normalized spacial score (nSPS) is 10.7. The predicted octanol–water partition coefficient (Wildman–Crippen LogP) is 2.83. The minimum atomic E-state index is -2.73. The number of nitrogens with zero attached hydrogens (tertiary/aromatic N) is 1. The van der Waals surface area contributed by atoms with E-state index in [9.17, 15) is 13.6 Å². The Bertz CT molecular complexity index is 494. The molecule has 1 aromatic heterocycles. The number of halogens is 2. The first-order valence-electron chi connectivity index (χ1n) is 4.61. The zero-order chi connectivity index (χ0) is 11.5. The van der Waals surface area contributed by atoms with Crippen LogP contribution >= 0.6 is 0 Å². The van der Waals surface area contributed by atoms with Crippen molar-refractivity contribution in [1.29, 1.82) is 0 Å². The third-order valence-corrected chi connectivity index (χ3v) is 2.22. The number of hydrogen-bond acceptors (Lipinski definition) is 2. The van der Waals surface area contributed by atoms with E-state index in [0.29, 0.717) is 11.8 Å². The van der Waals surface area contributed by atoms with Gasteiger partial charge in [0.05, 0.1) is 5.56 Å². The van der Waals surface area contributed by atoms with Gasteiger partial charge in [-0.2, -0.15) is 5.10 Å². The van der Waals surface area contributed by atoms with Crippen molar-refractivity contribution in [1.82, 2.24) is 10.2 Å². The van der Waals surface area contributed by atoms with Gasteiger partial charge in [0.15, 0.2) is 6.29 Å². The molecule has 0 spiro atoms. The summed E-state index contributed by atoms with van der Waals surface area (Å²) in [6, 6.07) is 8.71. The second-order valence-electron chi connectivity index (χ2n) is 3.18. The minimum Gasteiger partial charge on any atom is -0.298 e. The van der Waals surface area contributed by atoms with Crippen LogP contribution in [-0.2, 0) is 0 Å². The highest BCUT2D eigenvalue weighted by Crippen LogP contribution is 2.27. The molecule has 0 saturated heterocycles. The molecule has 82 valence electrons. The van der Waals surface area contributed by atoms with E-state index in [0.717, 1.165) is 0 Å². The molecular formula is C11H8F2N2O. The van der Waals surface area contributed by atoms with Crippen LogP contribution in [0, 0.1) is 0 Å². The van der Waals surface area contributed by atoms with Gasteiger partial charge in [-0.05, 0) is 0 Å². The molecule has 0 amide bonds. The van der Waals surface area contributed by atoms with Crippen LogP contribution in [0.4, 0.5) is 8.78 Å². The van der Waals surface area contributed by atoms with Crippen molar-refractivity contribution in [2.45, 2.75) is 6.43 Å². The molecule has 0 aliphatic heterocycles. The van der Waals surface area contributed by atoms with Crippen LogP contribution in [0.2, 0.25) is 0 Å². The number of hydrogen-bond donors (Lipinski definition) is 1. The van der Waals surface area contributed by atoms with E-state index < -0.39 is 12.1 Å². The van der Waals surface area contributed by atoms with Gasteiger partial charge in [-0.1, -0.05) is 30.3 Å². The molecule has 5 heteroatoms. The van der Waals surface area contributed by atoms with Gasteiger partial charge in [0.25, 0.3) is 6.43 Å². The zero-order valence-corrected chi connectivity index (χ0v) is 8.15. The Hall–Kier alpha value is -2.04. The highest BCUT2D eigenvalue weighted by Gasteiger charge is 2.20. The number of nitrogens with one attached hydrogen (secondary N) is 1. The fourth-order valence-corrected chi connectivity index (χ4v) is 1.47. The monoisotopic (exact) mass is 222 g/mol. The Morgan fingerprint density at radius 3 is 2.50 bits per heavy atom. The second kappa shape index (κ2) is 4.22. The Morgan fingerprint density at radius 2 is 1.94 bits per heavy atom. The fraction of sp³-hybridized carbons (Fsp3) is 0.0909. The maximum Gasteiger partial charge on any atom is 0.280 e. The van der Waals surface area contributed by atoms with E-state index in [1.807, 2.05) is 0 Å². The Morgan fingerprint density at radius 1 is 1.25 bits per heavy atom. The number of benzene rings is 1. The smallest absolute Gasteiger partial charge is 0.280 e. The van der Waals surface area contributed by atoms with Crippen LogP contribution in [0.5, 0.6) is 0 Å². The van der Waals surface area contributed by atoms with Crippen molar-refractivity contribution in [3.63, 3.8) is 0 Å². The van der Waals surface area contributed by atoms with Crippen molar-refractivity contribution in [2.75, 3.05) is 0 Å². The SMILES string of the molecule is O=Cc1c(-c2ccccc2)n[nH]c1C(F)F. The third kappa shape index (κ3) is 1.71. The maximum atomic E-state index is 12.5. The molecule has 0 aliphatic carbocycles. The first-order chi connectivity index (χ1) is 7.74. The number of aldehydes is 1. The van der Waals surface area contributed by atoms with Gasteiger partial charge in [-0.25, -0.2) is 8.78 Å². The summed E-state index contributed by atoms with van der Waals surface area (Å²) in [4.78, 5) is 10.8. The lowest BCUT2D eigenvalue weighted by Gasteiger charge is -1.98. The lowest BCUT2D eigenvalue weighted by molar-refractivity contribution is 0.110. The molecule has 0 radical (unpaired) electrons. The predicted molar refractivity (Wildman–Crippen MR) is 54.4 cm³/mol. The number of carbonyl (C=O) groups is 1. The van der Waals surface area contributed by atoms with Crippen LogP contribution in [0.3, 0.4) is 0 Å². The second-order valence-corrected chi connectivity index (χ2v) is 3.18. The molecule has 1 aromatic carbocycles. The van der Waals surface area contributed by atoms with Crippen molar-refractivity contribution < 1.29 is 13.6 Å². The van der Waals surface area contributed by atoms with Crippen molar-refractivity contribution in [3.8, 4) is 11.3 Å². The fourth-order valence-electron chi connectivity index (χ4n) is 1.47. The van der Waals surface area contributed by atoms with Crippen LogP contribution < -0.4 is 0 Å². The Balaban J connectivity index is 2.55. The molecule has 16 heavy (non-hydrogen) atoms. The lowest BCUT2D eigenvalue weighted by Crippen LogP contribution is -1.91. The number of H-pyrrole nitrogens is 1. The van der Waals surface area contributed by atoms with Gasteiger partial charge < -0.3 is 0 Å². The number of rotatable bonds is 3. The molecular weight excluding hydrogens is 214 g/mol. The largest absolute Gasteiger partial charge is 0.298 e. The van der Waals surface area contributed by atoms with Gasteiger partial charge in [0.2, 0.25) is 0 Å². The highest BCUT2D eigenvalue weighted by atomic mass is 19.3. The van der Waals surface area contributed by atoms with Gasteiger partial charge in [0, 0.05) is 5.56 Å². The molecule has 2 aromatic rings. The number of alkyl halides is 2. The van der Waals surface area contributed by atoms with E-state index in [4.69, 9.17) is 0 Å². The van der Waals surface area contributed by atoms with Crippen LogP contribution in [-0.4, -0.2) is 16.5 Å². The molecule has 0 aliphatic rings. The van der Waals surface area contributed by atoms with Crippen LogP contribution in [0.25, 0.3) is 11.3 Å². The summed E-state index contributed by atoms with van der Waals surface area (Å²) < 4.78 is 25.0. The van der Waals surface area contributed by atoms with Gasteiger partial charge in [-0.3, -0.25) is 9.89 Å². The summed E-state index contributed by atoms with van der Waals surface area (Å²) in [5.74, 6) is 0. The zero-order valence-electron chi connectivity index (χ0n) is 8.15. The summed E-state index contributed by atoms with van der Waals surface area (Å²) in [6.07, 6.45) is -2.34. The number of aromatic nitrogens is 2. The first kappa shape index (κ1) is 10.5. The third-order valence-electron chi connectivity index (χ3n) is 2.22. The van der Waals surface area contributed by atoms with Gasteiger partial charge in [0.1, 0.15) is 11.4 Å². The molecule has 2 rings (SSSR count). The van der Waals surface area contributed by atoms with Gasteiger partial charge in [-0.15, -0.1) is 0 Å². The van der Waals surface area contributed by atoms with Crippen LogP contribution in [0.1, 0.15) is 22.5 Å². The lowest BCUT2D eigenvalue weighted by atomic mass is 10.1. The van der Waals surface area contributed by atoms with E-state index in [1.165, 1.54) is 0 Å². The summed E-state index contributed by atoms with van der Waals surface area (Å²) in [6.45, 7) is 0. The molecule has 0 fully saturated rings. The maximum absolute atomic E-state index is 12.5. The topological polar surface area (TPSA) is 45.8 Å². The number of aromatic amines is 1. The van der Waals surface area contributed by atoms with Crippen molar-refractivity contribution >= 4 is 6.29 Å². The summed E-state index contributed by atoms with van der Waals surface area (Å²) in [5, 5.41) is 5.93. The van der Waals surface area contributed by atoms with E-state index >= 15 is 0 Å². The van der Waals surface area contributed by atoms with E-state index in [2.05, 4.69) is 10.2 Å². The quantitative estimate of drug-likeness (QED) is 0.811. The molecule has 3 nitrogen and oxygen atoms in total. The average Bonchev–Trinajstić information content (AvgIpc) is 2.73. The number of carbonyl (C=O) groups excluding carboxylic acids is 1. The minimum absolute atomic E-state index is 0.0822. The molecule has 0 saturated carbocycles. The van der Waals surface area contributed by atoms with Crippen molar-refractivity contribution in [3.05, 3.63) is 41.6 Å². The molecule has 0 unspecified atom stereocenters. The Labute approximate surface area is 90.1 Å².